The molecule has 0 aliphatic heterocycles. The van der Waals surface area contributed by atoms with Crippen LogP contribution in [0.1, 0.15) is 38.7 Å². The van der Waals surface area contributed by atoms with Crippen LogP contribution in [0.5, 0.6) is 0 Å². The summed E-state index contributed by atoms with van der Waals surface area (Å²) >= 11 is 0. The summed E-state index contributed by atoms with van der Waals surface area (Å²) in [5.41, 5.74) is 0.592. The fraction of sp³-hybridized carbons (Fsp3) is 0.562. The van der Waals surface area contributed by atoms with Crippen molar-refractivity contribution in [2.75, 3.05) is 11.6 Å². The first-order valence-electron chi connectivity index (χ1n) is 7.60. The lowest BCUT2D eigenvalue weighted by atomic mass is 9.87. The van der Waals surface area contributed by atoms with Crippen LogP contribution in [0.2, 0.25) is 0 Å². The molecule has 1 aliphatic rings. The van der Waals surface area contributed by atoms with Crippen molar-refractivity contribution in [3.63, 3.8) is 0 Å². The first-order chi connectivity index (χ1) is 10.6. The van der Waals surface area contributed by atoms with Crippen LogP contribution in [-0.2, 0) is 15.6 Å². The third-order valence-electron chi connectivity index (χ3n) is 4.30. The number of rotatable bonds is 4. The highest BCUT2D eigenvalue weighted by atomic mass is 32.2. The summed E-state index contributed by atoms with van der Waals surface area (Å²) in [6.07, 6.45) is 4.10. The Morgan fingerprint density at radius 1 is 1.39 bits per heavy atom. The van der Waals surface area contributed by atoms with E-state index in [0.717, 1.165) is 31.6 Å². The number of urea groups is 1. The van der Waals surface area contributed by atoms with Crippen LogP contribution in [0.4, 0.5) is 14.9 Å². The van der Waals surface area contributed by atoms with Gasteiger partial charge in [0, 0.05) is 18.0 Å². The van der Waals surface area contributed by atoms with Gasteiger partial charge in [0.15, 0.2) is 9.84 Å². The van der Waals surface area contributed by atoms with Crippen LogP contribution in [0.3, 0.4) is 0 Å². The molecule has 0 radical (unpaired) electrons. The zero-order chi connectivity index (χ0) is 17.3. The van der Waals surface area contributed by atoms with Crippen LogP contribution in [0.15, 0.2) is 18.2 Å². The minimum Gasteiger partial charge on any atom is -0.335 e. The van der Waals surface area contributed by atoms with E-state index in [1.165, 1.54) is 12.1 Å². The van der Waals surface area contributed by atoms with Crippen molar-refractivity contribution in [3.8, 4) is 0 Å². The topological polar surface area (TPSA) is 75.3 Å². The van der Waals surface area contributed by atoms with E-state index in [-0.39, 0.29) is 22.8 Å². The van der Waals surface area contributed by atoms with Gasteiger partial charge in [0.25, 0.3) is 0 Å². The molecule has 0 spiro atoms. The molecule has 1 fully saturated rings. The van der Waals surface area contributed by atoms with Crippen molar-refractivity contribution in [1.29, 1.82) is 0 Å². The minimum atomic E-state index is -3.33. The second-order valence-corrected chi connectivity index (χ2v) is 9.04. The molecule has 2 amide bonds. The van der Waals surface area contributed by atoms with E-state index in [0.29, 0.717) is 5.69 Å². The molecule has 7 heteroatoms. The Kier molecular flexibility index (Phi) is 4.98. The molecule has 0 saturated heterocycles. The van der Waals surface area contributed by atoms with Gasteiger partial charge in [-0.2, -0.15) is 0 Å². The normalized spacial score (nSPS) is 20.3. The van der Waals surface area contributed by atoms with E-state index < -0.39 is 21.7 Å². The van der Waals surface area contributed by atoms with Gasteiger partial charge in [-0.05, 0) is 42.0 Å². The number of halogens is 1. The van der Waals surface area contributed by atoms with Crippen molar-refractivity contribution < 1.29 is 17.6 Å². The minimum absolute atomic E-state index is 0.0374. The van der Waals surface area contributed by atoms with Gasteiger partial charge in [-0.1, -0.05) is 20.3 Å². The predicted molar refractivity (Wildman–Crippen MR) is 88.5 cm³/mol. The predicted octanol–water partition coefficient (Wildman–Crippen LogP) is 3.07. The van der Waals surface area contributed by atoms with Crippen LogP contribution in [-0.4, -0.2) is 26.7 Å². The maximum absolute atomic E-state index is 13.4. The number of hydrogen-bond acceptors (Lipinski definition) is 3. The summed E-state index contributed by atoms with van der Waals surface area (Å²) < 4.78 is 36.3. The number of carbonyl (C=O) groups excluding carboxylic acids is 1. The van der Waals surface area contributed by atoms with Crippen LogP contribution < -0.4 is 10.6 Å². The number of sulfone groups is 1. The first kappa shape index (κ1) is 17.7. The van der Waals surface area contributed by atoms with Crippen LogP contribution in [0, 0.1) is 11.2 Å². The Hall–Kier alpha value is -1.63. The summed E-state index contributed by atoms with van der Waals surface area (Å²) in [7, 11) is -3.33. The van der Waals surface area contributed by atoms with E-state index in [1.54, 1.807) is 0 Å². The molecular weight excluding hydrogens is 319 g/mol. The third-order valence-corrected chi connectivity index (χ3v) is 5.13. The summed E-state index contributed by atoms with van der Waals surface area (Å²) in [6, 6.07) is 3.39. The van der Waals surface area contributed by atoms with Gasteiger partial charge < -0.3 is 10.6 Å². The molecular formula is C16H23FN2O3S. The lowest BCUT2D eigenvalue weighted by Gasteiger charge is -2.28. The van der Waals surface area contributed by atoms with Crippen molar-refractivity contribution in [1.82, 2.24) is 5.32 Å². The first-order valence-corrected chi connectivity index (χ1v) is 9.66. The number of anilines is 1. The van der Waals surface area contributed by atoms with Crippen molar-refractivity contribution in [2.24, 2.45) is 5.41 Å². The number of amides is 2. The maximum atomic E-state index is 13.4. The fourth-order valence-electron chi connectivity index (χ4n) is 3.00. The standard InChI is InChI=1S/C16H23FN2O3S/c1-16(2)8-4-5-14(16)19-15(20)18-13-7-6-12(17)9-11(13)10-23(3,21)22/h6-7,9,14H,4-5,8,10H2,1-3H3,(H2,18,19,20). The van der Waals surface area contributed by atoms with E-state index in [2.05, 4.69) is 24.5 Å². The van der Waals surface area contributed by atoms with Crippen molar-refractivity contribution in [2.45, 2.75) is 44.9 Å². The molecule has 128 valence electrons. The third kappa shape index (κ3) is 4.92. The SMILES string of the molecule is CC1(C)CCCC1NC(=O)Nc1ccc(F)cc1CS(C)(=O)=O. The highest BCUT2D eigenvalue weighted by Gasteiger charge is 2.35. The molecule has 1 atom stereocenters. The summed E-state index contributed by atoms with van der Waals surface area (Å²) in [5.74, 6) is -0.860. The monoisotopic (exact) mass is 342 g/mol. The molecule has 2 N–H and O–H groups in total. The van der Waals surface area contributed by atoms with Gasteiger partial charge in [-0.15, -0.1) is 0 Å². The maximum Gasteiger partial charge on any atom is 0.319 e. The van der Waals surface area contributed by atoms with Crippen molar-refractivity contribution >= 4 is 21.6 Å². The van der Waals surface area contributed by atoms with Gasteiger partial charge in [-0.3, -0.25) is 0 Å². The number of carbonyl (C=O) groups is 1. The highest BCUT2D eigenvalue weighted by Crippen LogP contribution is 2.37. The molecule has 1 saturated carbocycles. The lowest BCUT2D eigenvalue weighted by Crippen LogP contribution is -2.43. The Balaban J connectivity index is 2.11. The van der Waals surface area contributed by atoms with Gasteiger partial charge in [0.1, 0.15) is 5.82 Å². The van der Waals surface area contributed by atoms with Gasteiger partial charge in [-0.25, -0.2) is 17.6 Å². The lowest BCUT2D eigenvalue weighted by molar-refractivity contribution is 0.233. The molecule has 0 bridgehead atoms. The quantitative estimate of drug-likeness (QED) is 0.883. The second-order valence-electron chi connectivity index (χ2n) is 6.90. The zero-order valence-corrected chi connectivity index (χ0v) is 14.5. The van der Waals surface area contributed by atoms with Gasteiger partial charge in [0.2, 0.25) is 0 Å². The van der Waals surface area contributed by atoms with E-state index in [9.17, 15) is 17.6 Å². The number of nitrogens with one attached hydrogen (secondary N) is 2. The molecule has 1 aromatic rings. The Morgan fingerprint density at radius 3 is 2.65 bits per heavy atom. The Morgan fingerprint density at radius 2 is 2.09 bits per heavy atom. The molecule has 1 aromatic carbocycles. The van der Waals surface area contributed by atoms with E-state index in [4.69, 9.17) is 0 Å². The molecule has 5 nitrogen and oxygen atoms in total. The molecule has 2 rings (SSSR count). The van der Waals surface area contributed by atoms with E-state index >= 15 is 0 Å². The summed E-state index contributed by atoms with van der Waals surface area (Å²) in [4.78, 5) is 12.2. The summed E-state index contributed by atoms with van der Waals surface area (Å²) in [5, 5.41) is 5.57. The largest absolute Gasteiger partial charge is 0.335 e. The molecule has 0 aromatic heterocycles. The van der Waals surface area contributed by atoms with Crippen LogP contribution >= 0.6 is 0 Å². The second kappa shape index (κ2) is 6.47. The average molecular weight is 342 g/mol. The Labute approximate surface area is 136 Å². The Bertz CT molecular complexity index is 701. The average Bonchev–Trinajstić information content (AvgIpc) is 2.70. The van der Waals surface area contributed by atoms with Gasteiger partial charge in [0.05, 0.1) is 5.75 Å². The summed E-state index contributed by atoms with van der Waals surface area (Å²) in [6.45, 7) is 4.22. The smallest absolute Gasteiger partial charge is 0.319 e. The van der Waals surface area contributed by atoms with Gasteiger partial charge >= 0.3 is 6.03 Å². The number of benzene rings is 1. The molecule has 1 unspecified atom stereocenters. The molecule has 23 heavy (non-hydrogen) atoms. The molecule has 0 heterocycles. The van der Waals surface area contributed by atoms with Crippen molar-refractivity contribution in [3.05, 3.63) is 29.6 Å². The highest BCUT2D eigenvalue weighted by molar-refractivity contribution is 7.89. The molecule has 1 aliphatic carbocycles. The van der Waals surface area contributed by atoms with E-state index in [1.807, 2.05) is 0 Å². The van der Waals surface area contributed by atoms with Crippen LogP contribution in [0.25, 0.3) is 0 Å². The zero-order valence-electron chi connectivity index (χ0n) is 13.6. The fourth-order valence-corrected chi connectivity index (χ4v) is 3.80. The number of hydrogen-bond donors (Lipinski definition) is 2.